The van der Waals surface area contributed by atoms with Crippen molar-refractivity contribution >= 4 is 0 Å². The molecule has 2 heterocycles. The minimum absolute atomic E-state index is 0.375. The Hall–Kier alpha value is -1.68. The molecule has 2 aromatic heterocycles. The van der Waals surface area contributed by atoms with Crippen LogP contribution in [0.4, 0.5) is 0 Å². The van der Waals surface area contributed by atoms with E-state index in [4.69, 9.17) is 5.73 Å². The maximum atomic E-state index is 5.89. The Balaban J connectivity index is 2.07. The maximum absolute atomic E-state index is 5.89. The summed E-state index contributed by atoms with van der Waals surface area (Å²) >= 11 is 0. The van der Waals surface area contributed by atoms with Crippen LogP contribution < -0.4 is 5.73 Å². The van der Waals surface area contributed by atoms with E-state index in [1.807, 2.05) is 24.9 Å². The van der Waals surface area contributed by atoms with Gasteiger partial charge in [0.15, 0.2) is 0 Å². The Morgan fingerprint density at radius 1 is 1.21 bits per heavy atom. The monoisotopic (exact) mass is 258 g/mol. The van der Waals surface area contributed by atoms with Crippen LogP contribution in [0.5, 0.6) is 0 Å². The highest BCUT2D eigenvalue weighted by molar-refractivity contribution is 5.12. The van der Waals surface area contributed by atoms with Gasteiger partial charge in [0, 0.05) is 43.3 Å². The average molecular weight is 258 g/mol. The van der Waals surface area contributed by atoms with Crippen LogP contribution in [0.15, 0.2) is 37.1 Å². The lowest BCUT2D eigenvalue weighted by Gasteiger charge is -2.20. The first-order valence-electron chi connectivity index (χ1n) is 6.81. The molecule has 2 aromatic rings. The van der Waals surface area contributed by atoms with Crippen LogP contribution in [0.1, 0.15) is 31.0 Å². The quantitative estimate of drug-likeness (QED) is 0.864. The summed E-state index contributed by atoms with van der Waals surface area (Å²) in [6, 6.07) is 4.11. The van der Waals surface area contributed by atoms with Crippen LogP contribution in [0.3, 0.4) is 0 Å². The third-order valence-corrected chi connectivity index (χ3v) is 3.57. The van der Waals surface area contributed by atoms with Crippen molar-refractivity contribution in [2.75, 3.05) is 6.54 Å². The molecular weight excluding hydrogens is 236 g/mol. The highest BCUT2D eigenvalue weighted by Gasteiger charge is 2.17. The molecule has 1 unspecified atom stereocenters. The lowest BCUT2D eigenvalue weighted by molar-refractivity contribution is 0.471. The van der Waals surface area contributed by atoms with Crippen LogP contribution in [0.2, 0.25) is 0 Å². The maximum Gasteiger partial charge on any atom is 0.0948 e. The second-order valence-corrected chi connectivity index (χ2v) is 5.20. The zero-order chi connectivity index (χ0) is 13.7. The number of nitrogens with two attached hydrogens (primary N) is 1. The summed E-state index contributed by atoms with van der Waals surface area (Å²) in [4.78, 5) is 8.32. The lowest BCUT2D eigenvalue weighted by atomic mass is 9.93. The van der Waals surface area contributed by atoms with Gasteiger partial charge in [0.25, 0.3) is 0 Å². The van der Waals surface area contributed by atoms with Crippen molar-refractivity contribution in [3.8, 4) is 0 Å². The second kappa shape index (κ2) is 6.48. The minimum atomic E-state index is 0.375. The first-order chi connectivity index (χ1) is 9.22. The summed E-state index contributed by atoms with van der Waals surface area (Å²) in [5, 5.41) is 0. The lowest BCUT2D eigenvalue weighted by Crippen LogP contribution is -2.21. The Morgan fingerprint density at radius 3 is 2.58 bits per heavy atom. The summed E-state index contributed by atoms with van der Waals surface area (Å²) in [6.45, 7) is 6.01. The number of hydrogen-bond acceptors (Lipinski definition) is 3. The first-order valence-corrected chi connectivity index (χ1v) is 6.81. The SMILES string of the molecule is CC(C)C(CN)c1cncn1CCc1ccncc1. The van der Waals surface area contributed by atoms with Gasteiger partial charge in [0.05, 0.1) is 6.33 Å². The fourth-order valence-corrected chi connectivity index (χ4v) is 2.36. The molecule has 0 bridgehead atoms. The highest BCUT2D eigenvalue weighted by atomic mass is 15.0. The number of pyridine rings is 1. The second-order valence-electron chi connectivity index (χ2n) is 5.20. The van der Waals surface area contributed by atoms with Gasteiger partial charge in [-0.3, -0.25) is 4.98 Å². The molecule has 4 nitrogen and oxygen atoms in total. The van der Waals surface area contributed by atoms with Crippen molar-refractivity contribution in [3.63, 3.8) is 0 Å². The van der Waals surface area contributed by atoms with E-state index in [1.165, 1.54) is 11.3 Å². The molecular formula is C15H22N4. The van der Waals surface area contributed by atoms with Gasteiger partial charge in [-0.05, 0) is 30.0 Å². The predicted molar refractivity (Wildman–Crippen MR) is 76.8 cm³/mol. The fourth-order valence-electron chi connectivity index (χ4n) is 2.36. The number of hydrogen-bond donors (Lipinski definition) is 1. The molecule has 102 valence electrons. The van der Waals surface area contributed by atoms with E-state index < -0.39 is 0 Å². The molecule has 0 aromatic carbocycles. The number of aromatic nitrogens is 3. The van der Waals surface area contributed by atoms with Crippen molar-refractivity contribution in [1.82, 2.24) is 14.5 Å². The topological polar surface area (TPSA) is 56.7 Å². The van der Waals surface area contributed by atoms with E-state index in [-0.39, 0.29) is 0 Å². The van der Waals surface area contributed by atoms with Crippen LogP contribution in [-0.2, 0) is 13.0 Å². The summed E-state index contributed by atoms with van der Waals surface area (Å²) in [6.07, 6.45) is 8.51. The molecule has 0 aliphatic carbocycles. The molecule has 0 aliphatic rings. The molecule has 0 spiro atoms. The third kappa shape index (κ3) is 3.41. The predicted octanol–water partition coefficient (Wildman–Crippen LogP) is 2.22. The largest absolute Gasteiger partial charge is 0.334 e. The summed E-state index contributed by atoms with van der Waals surface area (Å²) in [5.41, 5.74) is 8.43. The van der Waals surface area contributed by atoms with E-state index in [9.17, 15) is 0 Å². The van der Waals surface area contributed by atoms with Gasteiger partial charge in [-0.25, -0.2) is 4.98 Å². The van der Waals surface area contributed by atoms with Gasteiger partial charge >= 0.3 is 0 Å². The van der Waals surface area contributed by atoms with E-state index in [2.05, 4.69) is 40.5 Å². The molecule has 0 radical (unpaired) electrons. The van der Waals surface area contributed by atoms with Gasteiger partial charge in [-0.1, -0.05) is 13.8 Å². The Labute approximate surface area is 114 Å². The molecule has 0 amide bonds. The van der Waals surface area contributed by atoms with Gasteiger partial charge in [0.2, 0.25) is 0 Å². The summed E-state index contributed by atoms with van der Waals surface area (Å²) < 4.78 is 2.22. The van der Waals surface area contributed by atoms with Crippen molar-refractivity contribution in [2.24, 2.45) is 11.7 Å². The van der Waals surface area contributed by atoms with Gasteiger partial charge < -0.3 is 10.3 Å². The molecule has 19 heavy (non-hydrogen) atoms. The number of rotatable bonds is 6. The number of nitrogens with zero attached hydrogens (tertiary/aromatic N) is 3. The van der Waals surface area contributed by atoms with Crippen LogP contribution in [0, 0.1) is 5.92 Å². The van der Waals surface area contributed by atoms with Crippen LogP contribution in [0.25, 0.3) is 0 Å². The Bertz CT molecular complexity index is 490. The molecule has 0 fully saturated rings. The molecule has 0 saturated heterocycles. The van der Waals surface area contributed by atoms with E-state index >= 15 is 0 Å². The van der Waals surface area contributed by atoms with Gasteiger partial charge in [-0.2, -0.15) is 0 Å². The van der Waals surface area contributed by atoms with E-state index in [0.29, 0.717) is 18.4 Å². The van der Waals surface area contributed by atoms with Crippen LogP contribution >= 0.6 is 0 Å². The standard InChI is InChI=1S/C15H22N4/c1-12(2)14(9-16)15-10-18-11-19(15)8-5-13-3-6-17-7-4-13/h3-4,6-7,10-12,14H,5,8-9,16H2,1-2H3. The molecule has 0 aliphatic heterocycles. The molecule has 0 saturated carbocycles. The molecule has 2 rings (SSSR count). The van der Waals surface area contributed by atoms with Crippen molar-refractivity contribution < 1.29 is 0 Å². The van der Waals surface area contributed by atoms with E-state index in [1.54, 1.807) is 0 Å². The van der Waals surface area contributed by atoms with Crippen molar-refractivity contribution in [3.05, 3.63) is 48.3 Å². The molecule has 2 N–H and O–H groups in total. The van der Waals surface area contributed by atoms with Gasteiger partial charge in [-0.15, -0.1) is 0 Å². The fraction of sp³-hybridized carbons (Fsp3) is 0.467. The summed E-state index contributed by atoms with van der Waals surface area (Å²) in [5.74, 6) is 0.904. The van der Waals surface area contributed by atoms with Gasteiger partial charge in [0.1, 0.15) is 0 Å². The smallest absolute Gasteiger partial charge is 0.0948 e. The average Bonchev–Trinajstić information content (AvgIpc) is 2.86. The number of aryl methyl sites for hydroxylation is 2. The van der Waals surface area contributed by atoms with Crippen molar-refractivity contribution in [2.45, 2.75) is 32.7 Å². The first kappa shape index (κ1) is 13.7. The zero-order valence-electron chi connectivity index (χ0n) is 11.7. The summed E-state index contributed by atoms with van der Waals surface area (Å²) in [7, 11) is 0. The van der Waals surface area contributed by atoms with E-state index in [0.717, 1.165) is 13.0 Å². The third-order valence-electron chi connectivity index (χ3n) is 3.57. The highest BCUT2D eigenvalue weighted by Crippen LogP contribution is 2.23. The normalized spacial score (nSPS) is 12.8. The molecule has 1 atom stereocenters. The Morgan fingerprint density at radius 2 is 1.95 bits per heavy atom. The zero-order valence-corrected chi connectivity index (χ0v) is 11.7. The Kier molecular flexibility index (Phi) is 4.68. The van der Waals surface area contributed by atoms with Crippen molar-refractivity contribution in [1.29, 1.82) is 0 Å². The number of imidazole rings is 1. The molecule has 4 heteroatoms. The minimum Gasteiger partial charge on any atom is -0.334 e. The van der Waals surface area contributed by atoms with Crippen LogP contribution in [-0.4, -0.2) is 21.1 Å².